The van der Waals surface area contributed by atoms with Crippen LogP contribution in [0, 0.1) is 0 Å². The van der Waals surface area contributed by atoms with E-state index in [0.717, 1.165) is 6.42 Å². The summed E-state index contributed by atoms with van der Waals surface area (Å²) in [5.41, 5.74) is 0. The van der Waals surface area contributed by atoms with Gasteiger partial charge in [-0.05, 0) is 32.0 Å². The van der Waals surface area contributed by atoms with Gasteiger partial charge in [-0.3, -0.25) is 4.79 Å². The number of nitrogens with one attached hydrogen (secondary N) is 1. The van der Waals surface area contributed by atoms with E-state index in [1.54, 1.807) is 11.3 Å². The fraction of sp³-hybridized carbons (Fsp3) is 0.583. The minimum Gasteiger partial charge on any atom is -0.354 e. The summed E-state index contributed by atoms with van der Waals surface area (Å²) in [5, 5.41) is 5.05. The Morgan fingerprint density at radius 2 is 2.31 bits per heavy atom. The zero-order chi connectivity index (χ0) is 12.0. The molecule has 3 nitrogen and oxygen atoms in total. The highest BCUT2D eigenvalue weighted by Gasteiger charge is 2.15. The summed E-state index contributed by atoms with van der Waals surface area (Å²) in [5.74, 6) is 0.144. The molecule has 0 aliphatic heterocycles. The number of likely N-dealkylation sites (N-methyl/N-ethyl adjacent to an activating group) is 1. The van der Waals surface area contributed by atoms with Gasteiger partial charge in [0.15, 0.2) is 0 Å². The lowest BCUT2D eigenvalue weighted by atomic mass is 10.2. The molecule has 16 heavy (non-hydrogen) atoms. The monoisotopic (exact) mass is 240 g/mol. The second-order valence-electron chi connectivity index (χ2n) is 4.05. The molecule has 1 unspecified atom stereocenters. The number of carbonyl (C=O) groups excluding carboxylic acids is 1. The molecule has 90 valence electrons. The maximum Gasteiger partial charge on any atom is 0.220 e. The van der Waals surface area contributed by atoms with Crippen LogP contribution in [0.1, 0.15) is 30.7 Å². The molecule has 1 N–H and O–H groups in total. The molecule has 0 spiro atoms. The van der Waals surface area contributed by atoms with Gasteiger partial charge < -0.3 is 10.2 Å². The summed E-state index contributed by atoms with van der Waals surface area (Å²) < 4.78 is 0. The molecule has 0 saturated heterocycles. The average molecular weight is 240 g/mol. The summed E-state index contributed by atoms with van der Waals surface area (Å²) in [4.78, 5) is 14.8. The number of amides is 1. The van der Waals surface area contributed by atoms with Gasteiger partial charge in [-0.15, -0.1) is 11.3 Å². The van der Waals surface area contributed by atoms with Gasteiger partial charge in [-0.25, -0.2) is 0 Å². The van der Waals surface area contributed by atoms with Gasteiger partial charge in [-0.2, -0.15) is 0 Å². The SMILES string of the molecule is CCCC(=O)NCC(c1cccs1)N(C)C. The molecule has 1 aromatic heterocycles. The third-order valence-electron chi connectivity index (χ3n) is 2.46. The highest BCUT2D eigenvalue weighted by Crippen LogP contribution is 2.22. The van der Waals surface area contributed by atoms with Crippen molar-refractivity contribution in [2.75, 3.05) is 20.6 Å². The van der Waals surface area contributed by atoms with Gasteiger partial charge in [0.05, 0.1) is 6.04 Å². The van der Waals surface area contributed by atoms with Crippen molar-refractivity contribution in [1.29, 1.82) is 0 Å². The van der Waals surface area contributed by atoms with Crippen LogP contribution in [0.2, 0.25) is 0 Å². The standard InChI is InChI=1S/C12H20N2OS/c1-4-6-12(15)13-9-10(14(2)3)11-7-5-8-16-11/h5,7-8,10H,4,6,9H2,1-3H3,(H,13,15). The quantitative estimate of drug-likeness (QED) is 0.827. The van der Waals surface area contributed by atoms with Crippen LogP contribution in [0.15, 0.2) is 17.5 Å². The average Bonchev–Trinajstić information content (AvgIpc) is 2.71. The predicted molar refractivity (Wildman–Crippen MR) is 68.7 cm³/mol. The van der Waals surface area contributed by atoms with E-state index >= 15 is 0 Å². The van der Waals surface area contributed by atoms with E-state index in [1.807, 2.05) is 27.1 Å². The normalized spacial score (nSPS) is 12.8. The first-order valence-corrected chi connectivity index (χ1v) is 6.49. The molecule has 4 heteroatoms. The van der Waals surface area contributed by atoms with Crippen LogP contribution in [0.5, 0.6) is 0 Å². The number of thiophene rings is 1. The molecule has 1 aromatic rings. The van der Waals surface area contributed by atoms with Crippen molar-refractivity contribution in [3.05, 3.63) is 22.4 Å². The molecule has 0 aromatic carbocycles. The van der Waals surface area contributed by atoms with Gasteiger partial charge in [-0.1, -0.05) is 13.0 Å². The van der Waals surface area contributed by atoms with Gasteiger partial charge in [0.1, 0.15) is 0 Å². The fourth-order valence-corrected chi connectivity index (χ4v) is 2.47. The molecule has 1 heterocycles. The Bertz CT molecular complexity index is 309. The topological polar surface area (TPSA) is 32.3 Å². The maximum atomic E-state index is 11.4. The lowest BCUT2D eigenvalue weighted by Gasteiger charge is -2.23. The molecule has 0 aliphatic carbocycles. The molecule has 1 atom stereocenters. The van der Waals surface area contributed by atoms with Crippen molar-refractivity contribution in [2.45, 2.75) is 25.8 Å². The third kappa shape index (κ3) is 3.94. The first kappa shape index (κ1) is 13.2. The first-order chi connectivity index (χ1) is 7.65. The molecular formula is C12H20N2OS. The van der Waals surface area contributed by atoms with Crippen LogP contribution in [0.25, 0.3) is 0 Å². The second-order valence-corrected chi connectivity index (χ2v) is 5.03. The molecule has 0 bridgehead atoms. The smallest absolute Gasteiger partial charge is 0.220 e. The van der Waals surface area contributed by atoms with Gasteiger partial charge in [0.25, 0.3) is 0 Å². The van der Waals surface area contributed by atoms with Crippen LogP contribution in [-0.2, 0) is 4.79 Å². The van der Waals surface area contributed by atoms with Crippen molar-refractivity contribution < 1.29 is 4.79 Å². The summed E-state index contributed by atoms with van der Waals surface area (Å²) in [6, 6.07) is 4.44. The summed E-state index contributed by atoms with van der Waals surface area (Å²) in [7, 11) is 4.08. The molecule has 0 saturated carbocycles. The lowest BCUT2D eigenvalue weighted by Crippen LogP contribution is -2.33. The lowest BCUT2D eigenvalue weighted by molar-refractivity contribution is -0.121. The number of hydrogen-bond donors (Lipinski definition) is 1. The van der Waals surface area contributed by atoms with Crippen molar-refractivity contribution in [2.24, 2.45) is 0 Å². The minimum absolute atomic E-state index is 0.144. The van der Waals surface area contributed by atoms with E-state index in [-0.39, 0.29) is 11.9 Å². The Balaban J connectivity index is 2.50. The van der Waals surface area contributed by atoms with E-state index in [1.165, 1.54) is 4.88 Å². The molecule has 1 rings (SSSR count). The molecule has 0 aliphatic rings. The molecule has 0 radical (unpaired) electrons. The van der Waals surface area contributed by atoms with Crippen molar-refractivity contribution >= 4 is 17.2 Å². The van der Waals surface area contributed by atoms with Gasteiger partial charge >= 0.3 is 0 Å². The molecule has 0 fully saturated rings. The summed E-state index contributed by atoms with van der Waals surface area (Å²) >= 11 is 1.73. The van der Waals surface area contributed by atoms with Crippen molar-refractivity contribution in [1.82, 2.24) is 10.2 Å². The highest BCUT2D eigenvalue weighted by molar-refractivity contribution is 7.10. The summed E-state index contributed by atoms with van der Waals surface area (Å²) in [6.45, 7) is 2.70. The number of nitrogens with zero attached hydrogens (tertiary/aromatic N) is 1. The first-order valence-electron chi connectivity index (χ1n) is 5.61. The van der Waals surface area contributed by atoms with E-state index in [4.69, 9.17) is 0 Å². The summed E-state index contributed by atoms with van der Waals surface area (Å²) in [6.07, 6.45) is 1.52. The number of hydrogen-bond acceptors (Lipinski definition) is 3. The van der Waals surface area contributed by atoms with Gasteiger partial charge in [0, 0.05) is 17.8 Å². The van der Waals surface area contributed by atoms with Crippen LogP contribution in [-0.4, -0.2) is 31.4 Å². The number of rotatable bonds is 6. The zero-order valence-corrected chi connectivity index (χ0v) is 11.0. The Kier molecular flexibility index (Phi) is 5.49. The largest absolute Gasteiger partial charge is 0.354 e. The predicted octanol–water partition coefficient (Wildman–Crippen LogP) is 2.27. The number of carbonyl (C=O) groups is 1. The Hall–Kier alpha value is -0.870. The van der Waals surface area contributed by atoms with Crippen molar-refractivity contribution in [3.63, 3.8) is 0 Å². The Morgan fingerprint density at radius 3 is 2.81 bits per heavy atom. The van der Waals surface area contributed by atoms with Gasteiger partial charge in [0.2, 0.25) is 5.91 Å². The Labute approximate surface area is 101 Å². The minimum atomic E-state index is 0.144. The fourth-order valence-electron chi connectivity index (χ4n) is 1.54. The highest BCUT2D eigenvalue weighted by atomic mass is 32.1. The third-order valence-corrected chi connectivity index (χ3v) is 3.44. The molecular weight excluding hydrogens is 220 g/mol. The molecule has 1 amide bonds. The maximum absolute atomic E-state index is 11.4. The van der Waals surface area contributed by atoms with E-state index < -0.39 is 0 Å². The van der Waals surface area contributed by atoms with Crippen LogP contribution in [0.4, 0.5) is 0 Å². The van der Waals surface area contributed by atoms with E-state index in [2.05, 4.69) is 21.7 Å². The van der Waals surface area contributed by atoms with Crippen molar-refractivity contribution in [3.8, 4) is 0 Å². The van der Waals surface area contributed by atoms with Crippen LogP contribution >= 0.6 is 11.3 Å². The zero-order valence-electron chi connectivity index (χ0n) is 10.2. The van der Waals surface area contributed by atoms with Crippen LogP contribution in [0.3, 0.4) is 0 Å². The van der Waals surface area contributed by atoms with E-state index in [9.17, 15) is 4.79 Å². The van der Waals surface area contributed by atoms with Crippen LogP contribution < -0.4 is 5.32 Å². The van der Waals surface area contributed by atoms with E-state index in [0.29, 0.717) is 13.0 Å². The second kappa shape index (κ2) is 6.66. The Morgan fingerprint density at radius 1 is 1.56 bits per heavy atom.